The van der Waals surface area contributed by atoms with Gasteiger partial charge in [0.2, 0.25) is 5.88 Å². The van der Waals surface area contributed by atoms with Crippen molar-refractivity contribution in [1.82, 2.24) is 24.6 Å². The third kappa shape index (κ3) is 3.06. The van der Waals surface area contributed by atoms with E-state index < -0.39 is 0 Å². The molecule has 0 bridgehead atoms. The Morgan fingerprint density at radius 3 is 3.03 bits per heavy atom. The summed E-state index contributed by atoms with van der Waals surface area (Å²) < 4.78 is 27.1. The number of hydrogen-bond donors (Lipinski definition) is 0. The predicted octanol–water partition coefficient (Wildman–Crippen LogP) is 3.05. The molecule has 0 N–H and O–H groups in total. The summed E-state index contributed by atoms with van der Waals surface area (Å²) in [6.45, 7) is 0.601. The van der Waals surface area contributed by atoms with Gasteiger partial charge in [0.15, 0.2) is 5.65 Å². The maximum atomic E-state index is 14.4. The highest BCUT2D eigenvalue weighted by Gasteiger charge is 2.20. The number of aryl methyl sites for hydroxylation is 1. The van der Waals surface area contributed by atoms with Gasteiger partial charge in [-0.3, -0.25) is 4.40 Å². The zero-order chi connectivity index (χ0) is 19.8. The third-order valence-corrected chi connectivity index (χ3v) is 5.20. The summed E-state index contributed by atoms with van der Waals surface area (Å²) >= 11 is 0. The summed E-state index contributed by atoms with van der Waals surface area (Å²) in [5, 5.41) is 8.31. The van der Waals surface area contributed by atoms with Gasteiger partial charge in [-0.15, -0.1) is 10.2 Å². The van der Waals surface area contributed by atoms with Gasteiger partial charge in [-0.1, -0.05) is 0 Å². The molecule has 4 heterocycles. The Morgan fingerprint density at radius 2 is 2.14 bits per heavy atom. The first-order valence-corrected chi connectivity index (χ1v) is 9.35. The van der Waals surface area contributed by atoms with Crippen LogP contribution in [0.4, 0.5) is 4.39 Å². The van der Waals surface area contributed by atoms with Gasteiger partial charge in [-0.05, 0) is 35.7 Å². The van der Waals surface area contributed by atoms with Crippen molar-refractivity contribution in [3.63, 3.8) is 0 Å². The van der Waals surface area contributed by atoms with Crippen LogP contribution in [0.15, 0.2) is 43.0 Å². The molecule has 0 aliphatic carbocycles. The van der Waals surface area contributed by atoms with Crippen molar-refractivity contribution in [1.29, 1.82) is 0 Å². The highest BCUT2D eigenvalue weighted by atomic mass is 19.1. The number of nitrogens with zero attached hydrogens (tertiary/aromatic N) is 5. The molecule has 29 heavy (non-hydrogen) atoms. The van der Waals surface area contributed by atoms with Crippen LogP contribution in [0.5, 0.6) is 11.6 Å². The second-order valence-electron chi connectivity index (χ2n) is 6.80. The molecule has 7 nitrogen and oxygen atoms in total. The van der Waals surface area contributed by atoms with Crippen molar-refractivity contribution >= 4 is 5.65 Å². The number of aromatic nitrogens is 5. The maximum Gasteiger partial charge on any atom is 0.213 e. The van der Waals surface area contributed by atoms with Crippen LogP contribution in [0.1, 0.15) is 17.0 Å². The van der Waals surface area contributed by atoms with E-state index in [2.05, 4.69) is 20.2 Å². The summed E-state index contributed by atoms with van der Waals surface area (Å²) in [4.78, 5) is 8.75. The minimum Gasteiger partial charge on any atom is -0.493 e. The average molecular weight is 391 g/mol. The predicted molar refractivity (Wildman–Crippen MR) is 104 cm³/mol. The van der Waals surface area contributed by atoms with Gasteiger partial charge in [-0.2, -0.15) is 0 Å². The Labute approximate surface area is 166 Å². The molecule has 0 saturated carbocycles. The van der Waals surface area contributed by atoms with Crippen molar-refractivity contribution in [2.24, 2.45) is 0 Å². The molecule has 5 rings (SSSR count). The van der Waals surface area contributed by atoms with E-state index in [-0.39, 0.29) is 5.82 Å². The number of hydrogen-bond acceptors (Lipinski definition) is 6. The lowest BCUT2D eigenvalue weighted by Gasteiger charge is -2.11. The van der Waals surface area contributed by atoms with Gasteiger partial charge in [0, 0.05) is 42.4 Å². The molecule has 0 atom stereocenters. The molecular weight excluding hydrogens is 373 g/mol. The monoisotopic (exact) mass is 391 g/mol. The lowest BCUT2D eigenvalue weighted by Crippen LogP contribution is -2.06. The number of rotatable bonds is 5. The highest BCUT2D eigenvalue weighted by molar-refractivity contribution is 5.76. The highest BCUT2D eigenvalue weighted by Crippen LogP contribution is 2.31. The first-order valence-electron chi connectivity index (χ1n) is 9.35. The molecule has 4 aromatic rings. The lowest BCUT2D eigenvalue weighted by molar-refractivity contribution is 0.356. The van der Waals surface area contributed by atoms with E-state index in [4.69, 9.17) is 9.47 Å². The number of benzene rings is 1. The summed E-state index contributed by atoms with van der Waals surface area (Å²) in [6.07, 6.45) is 6.90. The normalized spacial score (nSPS) is 12.8. The fourth-order valence-corrected chi connectivity index (χ4v) is 3.77. The molecule has 1 aliphatic heterocycles. The van der Waals surface area contributed by atoms with E-state index in [9.17, 15) is 4.39 Å². The third-order valence-electron chi connectivity index (χ3n) is 5.20. The van der Waals surface area contributed by atoms with E-state index >= 15 is 0 Å². The Hall–Kier alpha value is -3.55. The topological polar surface area (TPSA) is 74.4 Å². The summed E-state index contributed by atoms with van der Waals surface area (Å²) in [5.41, 5.74) is 4.06. The van der Waals surface area contributed by atoms with Crippen LogP contribution in [-0.2, 0) is 19.3 Å². The number of pyridine rings is 1. The van der Waals surface area contributed by atoms with Crippen LogP contribution in [0.25, 0.3) is 16.8 Å². The minimum absolute atomic E-state index is 0.199. The minimum atomic E-state index is -0.199. The Balaban J connectivity index is 1.49. The fourth-order valence-electron chi connectivity index (χ4n) is 3.77. The molecule has 0 fully saturated rings. The van der Waals surface area contributed by atoms with Crippen molar-refractivity contribution in [2.45, 2.75) is 19.3 Å². The molecule has 1 aromatic carbocycles. The molecule has 0 radical (unpaired) electrons. The van der Waals surface area contributed by atoms with E-state index in [1.807, 2.05) is 16.5 Å². The molecule has 0 spiro atoms. The van der Waals surface area contributed by atoms with E-state index in [1.54, 1.807) is 31.9 Å². The van der Waals surface area contributed by atoms with Crippen LogP contribution in [0, 0.1) is 5.82 Å². The van der Waals surface area contributed by atoms with Gasteiger partial charge in [0.1, 0.15) is 23.7 Å². The maximum absolute atomic E-state index is 14.4. The SMILES string of the molecule is COc1cc(-c2cnc(CCc3c(F)ccc4c3CCO4)n3cnnc23)ccn1. The summed E-state index contributed by atoms with van der Waals surface area (Å²) in [7, 11) is 1.57. The van der Waals surface area contributed by atoms with Gasteiger partial charge in [-0.25, -0.2) is 14.4 Å². The second-order valence-corrected chi connectivity index (χ2v) is 6.80. The standard InChI is InChI=1S/C21H18FN5O2/c1-28-20-10-13(6-8-23-20)16-11-24-19(27-12-25-26-21(16)27)5-2-14-15-7-9-29-18(15)4-3-17(14)22/h3-4,6,8,10-12H,2,5,7,9H2,1H3. The van der Waals surface area contributed by atoms with E-state index in [1.165, 1.54) is 6.07 Å². The largest absolute Gasteiger partial charge is 0.493 e. The fraction of sp³-hybridized carbons (Fsp3) is 0.238. The van der Waals surface area contributed by atoms with Crippen molar-refractivity contribution < 1.29 is 13.9 Å². The Kier molecular flexibility index (Phi) is 4.31. The number of halogens is 1. The smallest absolute Gasteiger partial charge is 0.213 e. The molecule has 3 aromatic heterocycles. The van der Waals surface area contributed by atoms with Crippen LogP contribution in [0.3, 0.4) is 0 Å². The first kappa shape index (κ1) is 17.5. The van der Waals surface area contributed by atoms with E-state index in [0.29, 0.717) is 36.5 Å². The molecular formula is C21H18FN5O2. The van der Waals surface area contributed by atoms with Crippen LogP contribution in [-0.4, -0.2) is 38.3 Å². The number of methoxy groups -OCH3 is 1. The molecule has 1 aliphatic rings. The van der Waals surface area contributed by atoms with Gasteiger partial charge in [0.25, 0.3) is 0 Å². The Morgan fingerprint density at radius 1 is 1.21 bits per heavy atom. The second kappa shape index (κ2) is 7.12. The summed E-state index contributed by atoms with van der Waals surface area (Å²) in [6, 6.07) is 6.88. The molecule has 0 saturated heterocycles. The van der Waals surface area contributed by atoms with Crippen molar-refractivity contribution in [3.05, 3.63) is 65.8 Å². The van der Waals surface area contributed by atoms with Gasteiger partial charge >= 0.3 is 0 Å². The zero-order valence-electron chi connectivity index (χ0n) is 15.8. The quantitative estimate of drug-likeness (QED) is 0.521. The molecule has 146 valence electrons. The van der Waals surface area contributed by atoms with Crippen molar-refractivity contribution in [3.8, 4) is 22.8 Å². The number of ether oxygens (including phenoxy) is 2. The average Bonchev–Trinajstić information content (AvgIpc) is 3.43. The van der Waals surface area contributed by atoms with Crippen molar-refractivity contribution in [2.75, 3.05) is 13.7 Å². The summed E-state index contributed by atoms with van der Waals surface area (Å²) in [5.74, 6) is 1.87. The first-order chi connectivity index (χ1) is 14.2. The van der Waals surface area contributed by atoms with Crippen LogP contribution >= 0.6 is 0 Å². The number of fused-ring (bicyclic) bond motifs is 2. The van der Waals surface area contributed by atoms with E-state index in [0.717, 1.165) is 34.7 Å². The van der Waals surface area contributed by atoms with Crippen LogP contribution in [0.2, 0.25) is 0 Å². The van der Waals surface area contributed by atoms with Crippen LogP contribution < -0.4 is 9.47 Å². The Bertz CT molecular complexity index is 1210. The van der Waals surface area contributed by atoms with Gasteiger partial charge in [0.05, 0.1) is 13.7 Å². The molecule has 0 unspecified atom stereocenters. The lowest BCUT2D eigenvalue weighted by atomic mass is 10.00. The molecule has 0 amide bonds. The molecule has 8 heteroatoms. The zero-order valence-corrected chi connectivity index (χ0v) is 15.8. The van der Waals surface area contributed by atoms with Gasteiger partial charge < -0.3 is 9.47 Å².